The molecule has 0 spiro atoms. The van der Waals surface area contributed by atoms with E-state index in [9.17, 15) is 9.59 Å². The van der Waals surface area contributed by atoms with Crippen LogP contribution in [0.4, 0.5) is 0 Å². The molecule has 0 aromatic carbocycles. The first-order valence-electron chi connectivity index (χ1n) is 11.4. The van der Waals surface area contributed by atoms with Crippen molar-refractivity contribution in [3.63, 3.8) is 0 Å². The average molecular weight is 401 g/mol. The molecule has 0 radical (unpaired) electrons. The Morgan fingerprint density at radius 3 is 1.18 bits per heavy atom. The van der Waals surface area contributed by atoms with Gasteiger partial charge in [0.1, 0.15) is 0 Å². The third-order valence-electron chi connectivity index (χ3n) is 5.11. The van der Waals surface area contributed by atoms with E-state index in [2.05, 4.69) is 13.8 Å². The van der Waals surface area contributed by atoms with Gasteiger partial charge in [-0.2, -0.15) is 0 Å². The number of nitrogens with zero attached hydrogens (tertiary/aromatic N) is 2. The molecule has 0 saturated carbocycles. The van der Waals surface area contributed by atoms with Crippen LogP contribution in [-0.2, 0) is 9.59 Å². The van der Waals surface area contributed by atoms with Gasteiger partial charge in [0.25, 0.3) is 0 Å². The highest BCUT2D eigenvalue weighted by molar-refractivity contribution is 5.69. The van der Waals surface area contributed by atoms with Crippen LogP contribution in [0.2, 0.25) is 0 Å². The van der Waals surface area contributed by atoms with Crippen LogP contribution in [0.5, 0.6) is 0 Å². The maximum Gasteiger partial charge on any atom is 0.317 e. The average Bonchev–Trinajstić information content (AvgIpc) is 2.63. The van der Waals surface area contributed by atoms with Crippen LogP contribution < -0.4 is 0 Å². The highest BCUT2D eigenvalue weighted by Crippen LogP contribution is 2.08. The first-order valence-corrected chi connectivity index (χ1v) is 11.4. The predicted molar refractivity (Wildman–Crippen MR) is 115 cm³/mol. The summed E-state index contributed by atoms with van der Waals surface area (Å²) in [6.07, 6.45) is 14.2. The molecule has 0 aliphatic carbocycles. The monoisotopic (exact) mass is 400 g/mol. The van der Waals surface area contributed by atoms with Gasteiger partial charge in [-0.15, -0.1) is 0 Å². The lowest BCUT2D eigenvalue weighted by Gasteiger charge is -2.26. The molecular weight excluding hydrogens is 356 g/mol. The van der Waals surface area contributed by atoms with Crippen LogP contribution in [0.3, 0.4) is 0 Å². The van der Waals surface area contributed by atoms with Crippen molar-refractivity contribution >= 4 is 11.9 Å². The van der Waals surface area contributed by atoms with Gasteiger partial charge in [0.15, 0.2) is 0 Å². The minimum Gasteiger partial charge on any atom is -0.480 e. The number of hydrogen-bond donors (Lipinski definition) is 2. The molecular formula is C22H44N2O4. The zero-order valence-corrected chi connectivity index (χ0v) is 18.3. The van der Waals surface area contributed by atoms with Gasteiger partial charge in [-0.05, 0) is 25.9 Å². The summed E-state index contributed by atoms with van der Waals surface area (Å²) in [4.78, 5) is 26.2. The van der Waals surface area contributed by atoms with Crippen LogP contribution in [0.25, 0.3) is 0 Å². The lowest BCUT2D eigenvalue weighted by molar-refractivity contribution is -0.140. The van der Waals surface area contributed by atoms with E-state index >= 15 is 0 Å². The van der Waals surface area contributed by atoms with Gasteiger partial charge in [-0.25, -0.2) is 0 Å². The van der Waals surface area contributed by atoms with E-state index < -0.39 is 11.9 Å². The molecule has 166 valence electrons. The number of hydrogen-bond acceptors (Lipinski definition) is 4. The molecule has 0 rings (SSSR count). The maximum absolute atomic E-state index is 11.2. The Balaban J connectivity index is 4.25. The third-order valence-corrected chi connectivity index (χ3v) is 5.11. The van der Waals surface area contributed by atoms with E-state index in [-0.39, 0.29) is 13.1 Å². The minimum absolute atomic E-state index is 0.0346. The fraction of sp³-hybridized carbons (Fsp3) is 0.909. The van der Waals surface area contributed by atoms with Gasteiger partial charge in [-0.3, -0.25) is 19.4 Å². The van der Waals surface area contributed by atoms with Gasteiger partial charge in [0, 0.05) is 13.1 Å². The molecule has 0 aromatic heterocycles. The molecule has 0 saturated heterocycles. The molecule has 0 unspecified atom stereocenters. The van der Waals surface area contributed by atoms with E-state index in [0.717, 1.165) is 38.8 Å². The van der Waals surface area contributed by atoms with Crippen LogP contribution in [0.15, 0.2) is 0 Å². The summed E-state index contributed by atoms with van der Waals surface area (Å²) in [5.74, 6) is -1.63. The highest BCUT2D eigenvalue weighted by atomic mass is 16.4. The topological polar surface area (TPSA) is 81.1 Å². The van der Waals surface area contributed by atoms with Gasteiger partial charge < -0.3 is 10.2 Å². The predicted octanol–water partition coefficient (Wildman–Crippen LogP) is 4.48. The summed E-state index contributed by atoms with van der Waals surface area (Å²) in [7, 11) is 0. The summed E-state index contributed by atoms with van der Waals surface area (Å²) in [6.45, 7) is 7.24. The van der Waals surface area contributed by atoms with Crippen LogP contribution in [0.1, 0.15) is 90.9 Å². The molecule has 0 fully saturated rings. The second-order valence-corrected chi connectivity index (χ2v) is 7.88. The first kappa shape index (κ1) is 26.9. The Morgan fingerprint density at radius 2 is 0.857 bits per heavy atom. The van der Waals surface area contributed by atoms with Crippen molar-refractivity contribution in [1.82, 2.24) is 9.80 Å². The molecule has 0 aromatic rings. The van der Waals surface area contributed by atoms with E-state index in [1.807, 2.05) is 9.80 Å². The van der Waals surface area contributed by atoms with E-state index in [1.165, 1.54) is 51.4 Å². The summed E-state index contributed by atoms with van der Waals surface area (Å²) in [6, 6.07) is 0. The molecule has 0 atom stereocenters. The molecule has 0 heterocycles. The molecule has 0 bridgehead atoms. The first-order chi connectivity index (χ1) is 13.5. The summed E-state index contributed by atoms with van der Waals surface area (Å²) in [5.41, 5.74) is 0. The second kappa shape index (κ2) is 19.2. The lowest BCUT2D eigenvalue weighted by Crippen LogP contribution is -2.40. The van der Waals surface area contributed by atoms with Crippen LogP contribution >= 0.6 is 0 Å². The van der Waals surface area contributed by atoms with Crippen LogP contribution in [-0.4, -0.2) is 71.2 Å². The van der Waals surface area contributed by atoms with Crippen molar-refractivity contribution in [2.75, 3.05) is 39.3 Å². The molecule has 28 heavy (non-hydrogen) atoms. The smallest absolute Gasteiger partial charge is 0.317 e. The Kier molecular flexibility index (Phi) is 18.4. The van der Waals surface area contributed by atoms with Gasteiger partial charge in [-0.1, -0.05) is 78.1 Å². The third kappa shape index (κ3) is 18.2. The zero-order valence-electron chi connectivity index (χ0n) is 18.3. The normalized spacial score (nSPS) is 11.4. The zero-order chi connectivity index (χ0) is 21.0. The number of aliphatic carboxylic acids is 2. The Hall–Kier alpha value is -1.14. The molecule has 0 amide bonds. The summed E-state index contributed by atoms with van der Waals surface area (Å²) < 4.78 is 0. The van der Waals surface area contributed by atoms with E-state index in [4.69, 9.17) is 10.2 Å². The summed E-state index contributed by atoms with van der Waals surface area (Å²) in [5, 5.41) is 18.3. The molecule has 2 N–H and O–H groups in total. The van der Waals surface area contributed by atoms with E-state index in [1.54, 1.807) is 0 Å². The van der Waals surface area contributed by atoms with E-state index in [0.29, 0.717) is 13.1 Å². The van der Waals surface area contributed by atoms with Crippen molar-refractivity contribution < 1.29 is 19.8 Å². The second-order valence-electron chi connectivity index (χ2n) is 7.88. The molecule has 6 nitrogen and oxygen atoms in total. The van der Waals surface area contributed by atoms with Gasteiger partial charge in [0.05, 0.1) is 13.1 Å². The molecule has 0 aliphatic rings. The molecule has 0 aliphatic heterocycles. The number of carbonyl (C=O) groups is 2. The van der Waals surface area contributed by atoms with Crippen molar-refractivity contribution in [3.8, 4) is 0 Å². The Bertz CT molecular complexity index is 355. The number of carboxylic acid groups (broad SMARTS) is 2. The number of unbranched alkanes of at least 4 members (excludes halogenated alkanes) is 10. The fourth-order valence-corrected chi connectivity index (χ4v) is 3.44. The van der Waals surface area contributed by atoms with Crippen molar-refractivity contribution in [3.05, 3.63) is 0 Å². The SMILES string of the molecule is CCCCCCCCN(CCN(CCCCCCCC)CC(=O)O)CC(=O)O. The quantitative estimate of drug-likeness (QED) is 0.277. The lowest BCUT2D eigenvalue weighted by atomic mass is 10.1. The maximum atomic E-state index is 11.2. The minimum atomic E-state index is -0.813. The van der Waals surface area contributed by atoms with Crippen molar-refractivity contribution in [2.45, 2.75) is 90.9 Å². The van der Waals surface area contributed by atoms with Gasteiger partial charge in [0.2, 0.25) is 0 Å². The largest absolute Gasteiger partial charge is 0.480 e. The Morgan fingerprint density at radius 1 is 0.536 bits per heavy atom. The highest BCUT2D eigenvalue weighted by Gasteiger charge is 2.14. The number of rotatable bonds is 21. The summed E-state index contributed by atoms with van der Waals surface area (Å²) >= 11 is 0. The molecule has 6 heteroatoms. The van der Waals surface area contributed by atoms with Gasteiger partial charge >= 0.3 is 11.9 Å². The van der Waals surface area contributed by atoms with Crippen LogP contribution in [0, 0.1) is 0 Å². The fourth-order valence-electron chi connectivity index (χ4n) is 3.44. The Labute approximate surface area is 172 Å². The van der Waals surface area contributed by atoms with Crippen molar-refractivity contribution in [2.24, 2.45) is 0 Å². The van der Waals surface area contributed by atoms with Crippen molar-refractivity contribution in [1.29, 1.82) is 0 Å². The standard InChI is InChI=1S/C22H44N2O4/c1-3-5-7-9-11-13-15-23(19-21(25)26)17-18-24(20-22(27)28)16-14-12-10-8-6-4-2/h3-20H2,1-2H3,(H,25,26)(H,27,28). The number of carboxylic acids is 2.